The van der Waals surface area contributed by atoms with Crippen LogP contribution in [-0.4, -0.2) is 11.9 Å². The Morgan fingerprint density at radius 2 is 1.26 bits per heavy atom. The fraction of sp³-hybridized carbons (Fsp3) is 0.350. The van der Waals surface area contributed by atoms with E-state index in [9.17, 15) is 4.79 Å². The maximum Gasteiger partial charge on any atom is 0.168 e. The number of ketones is 1. The molecule has 0 unspecified atom stereocenters. The molecule has 0 aromatic heterocycles. The summed E-state index contributed by atoms with van der Waals surface area (Å²) in [5.74, 6) is 2.38. The average molecular weight is 312 g/mol. The van der Waals surface area contributed by atoms with Gasteiger partial charge in [0, 0.05) is 11.0 Å². The minimum absolute atomic E-state index is 0.124. The van der Waals surface area contributed by atoms with E-state index in [0.29, 0.717) is 11.3 Å². The van der Waals surface area contributed by atoms with Gasteiger partial charge in [0.15, 0.2) is 5.78 Å². The van der Waals surface area contributed by atoms with E-state index < -0.39 is 0 Å². The van der Waals surface area contributed by atoms with Gasteiger partial charge >= 0.3 is 0 Å². The van der Waals surface area contributed by atoms with Crippen LogP contribution in [-0.2, 0) is 0 Å². The molecule has 0 N–H and O–H groups in total. The number of Topliss-reactive ketones (excluding diaryl/α,β-unsaturated/α-hetero) is 1. The molecule has 0 amide bonds. The Bertz CT molecular complexity index is 647. The zero-order valence-electron chi connectivity index (χ0n) is 14.4. The topological polar surface area (TPSA) is 35.5 Å². The van der Waals surface area contributed by atoms with Gasteiger partial charge < -0.3 is 9.47 Å². The molecule has 0 spiro atoms. The smallest absolute Gasteiger partial charge is 0.168 e. The lowest BCUT2D eigenvalue weighted by atomic mass is 9.86. The Morgan fingerprint density at radius 3 is 1.70 bits per heavy atom. The van der Waals surface area contributed by atoms with Crippen LogP contribution in [0, 0.1) is 5.41 Å². The maximum absolute atomic E-state index is 12.2. The summed E-state index contributed by atoms with van der Waals surface area (Å²) in [6.45, 7) is 9.73. The monoisotopic (exact) mass is 312 g/mol. The Kier molecular flexibility index (Phi) is 5.09. The van der Waals surface area contributed by atoms with Crippen LogP contribution in [0.2, 0.25) is 0 Å². The van der Waals surface area contributed by atoms with Crippen LogP contribution in [0.5, 0.6) is 17.2 Å². The van der Waals surface area contributed by atoms with Crippen LogP contribution in [0.3, 0.4) is 0 Å². The van der Waals surface area contributed by atoms with E-state index in [-0.39, 0.29) is 17.3 Å². The van der Waals surface area contributed by atoms with E-state index in [1.807, 2.05) is 71.0 Å². The Morgan fingerprint density at radius 1 is 0.826 bits per heavy atom. The number of hydrogen-bond donors (Lipinski definition) is 0. The van der Waals surface area contributed by atoms with E-state index in [0.717, 1.165) is 11.5 Å². The van der Waals surface area contributed by atoms with Crippen molar-refractivity contribution in [3.8, 4) is 17.2 Å². The predicted octanol–water partition coefficient (Wildman–Crippen LogP) is 5.49. The summed E-state index contributed by atoms with van der Waals surface area (Å²) in [4.78, 5) is 12.2. The highest BCUT2D eigenvalue weighted by atomic mass is 16.5. The molecule has 23 heavy (non-hydrogen) atoms. The molecular formula is C20H24O3. The van der Waals surface area contributed by atoms with Gasteiger partial charge in [-0.3, -0.25) is 4.79 Å². The highest BCUT2D eigenvalue weighted by Gasteiger charge is 2.22. The lowest BCUT2D eigenvalue weighted by Gasteiger charge is -2.16. The SMILES string of the molecule is CC(C)Oc1ccc(Oc2ccc(C(=O)C(C)(C)C)cc2)cc1. The largest absolute Gasteiger partial charge is 0.491 e. The van der Waals surface area contributed by atoms with Crippen LogP contribution in [0.4, 0.5) is 0 Å². The Balaban J connectivity index is 2.05. The van der Waals surface area contributed by atoms with Gasteiger partial charge in [0.25, 0.3) is 0 Å². The van der Waals surface area contributed by atoms with Gasteiger partial charge in [-0.15, -0.1) is 0 Å². The second-order valence-corrected chi connectivity index (χ2v) is 6.84. The summed E-state index contributed by atoms with van der Waals surface area (Å²) in [5, 5.41) is 0. The van der Waals surface area contributed by atoms with Crippen molar-refractivity contribution in [1.82, 2.24) is 0 Å². The molecule has 0 saturated carbocycles. The summed E-state index contributed by atoms with van der Waals surface area (Å²) in [5.41, 5.74) is 0.319. The maximum atomic E-state index is 12.2. The predicted molar refractivity (Wildman–Crippen MR) is 92.5 cm³/mol. The molecule has 0 saturated heterocycles. The first-order valence-electron chi connectivity index (χ1n) is 7.85. The van der Waals surface area contributed by atoms with Gasteiger partial charge in [-0.25, -0.2) is 0 Å². The number of hydrogen-bond acceptors (Lipinski definition) is 3. The van der Waals surface area contributed by atoms with Crippen molar-refractivity contribution in [2.45, 2.75) is 40.7 Å². The van der Waals surface area contributed by atoms with E-state index in [2.05, 4.69) is 0 Å². The second kappa shape index (κ2) is 6.86. The van der Waals surface area contributed by atoms with Crippen LogP contribution in [0.1, 0.15) is 45.0 Å². The van der Waals surface area contributed by atoms with Gasteiger partial charge in [0.2, 0.25) is 0 Å². The number of rotatable bonds is 5. The lowest BCUT2D eigenvalue weighted by molar-refractivity contribution is 0.0858. The molecule has 0 radical (unpaired) electrons. The molecule has 122 valence electrons. The van der Waals surface area contributed by atoms with Crippen molar-refractivity contribution < 1.29 is 14.3 Å². The fourth-order valence-electron chi connectivity index (χ4n) is 2.10. The van der Waals surface area contributed by atoms with Gasteiger partial charge in [-0.1, -0.05) is 20.8 Å². The minimum Gasteiger partial charge on any atom is -0.491 e. The third-order valence-electron chi connectivity index (χ3n) is 3.23. The van der Waals surface area contributed by atoms with Crippen LogP contribution < -0.4 is 9.47 Å². The van der Waals surface area contributed by atoms with Crippen molar-refractivity contribution in [2.75, 3.05) is 0 Å². The number of benzene rings is 2. The minimum atomic E-state index is -0.380. The molecule has 2 rings (SSSR count). The van der Waals surface area contributed by atoms with E-state index >= 15 is 0 Å². The Hall–Kier alpha value is -2.29. The third-order valence-corrected chi connectivity index (χ3v) is 3.23. The summed E-state index contributed by atoms with van der Waals surface area (Å²) in [7, 11) is 0. The zero-order valence-corrected chi connectivity index (χ0v) is 14.4. The zero-order chi connectivity index (χ0) is 17.0. The molecule has 0 fully saturated rings. The first-order chi connectivity index (χ1) is 10.8. The summed E-state index contributed by atoms with van der Waals surface area (Å²) in [6.07, 6.45) is 0.148. The third kappa shape index (κ3) is 4.85. The number of ether oxygens (including phenoxy) is 2. The molecule has 3 nitrogen and oxygen atoms in total. The molecule has 0 atom stereocenters. The van der Waals surface area contributed by atoms with Crippen LogP contribution in [0.15, 0.2) is 48.5 Å². The highest BCUT2D eigenvalue weighted by molar-refractivity contribution is 5.99. The second-order valence-electron chi connectivity index (χ2n) is 6.84. The van der Waals surface area contributed by atoms with Crippen LogP contribution in [0.25, 0.3) is 0 Å². The van der Waals surface area contributed by atoms with Crippen molar-refractivity contribution >= 4 is 5.78 Å². The normalized spacial score (nSPS) is 11.4. The van der Waals surface area contributed by atoms with Crippen LogP contribution >= 0.6 is 0 Å². The van der Waals surface area contributed by atoms with Crippen molar-refractivity contribution in [1.29, 1.82) is 0 Å². The van der Waals surface area contributed by atoms with Gasteiger partial charge in [0.1, 0.15) is 17.2 Å². The fourth-order valence-corrected chi connectivity index (χ4v) is 2.10. The van der Waals surface area contributed by atoms with Gasteiger partial charge in [0.05, 0.1) is 6.10 Å². The first kappa shape index (κ1) is 17.1. The van der Waals surface area contributed by atoms with Crippen molar-refractivity contribution in [3.05, 3.63) is 54.1 Å². The lowest BCUT2D eigenvalue weighted by Crippen LogP contribution is -2.19. The molecule has 0 aliphatic heterocycles. The van der Waals surface area contributed by atoms with E-state index in [4.69, 9.17) is 9.47 Å². The molecule has 0 heterocycles. The van der Waals surface area contributed by atoms with E-state index in [1.165, 1.54) is 0 Å². The van der Waals surface area contributed by atoms with Gasteiger partial charge in [-0.2, -0.15) is 0 Å². The molecule has 0 aliphatic carbocycles. The van der Waals surface area contributed by atoms with Crippen molar-refractivity contribution in [3.63, 3.8) is 0 Å². The summed E-state index contributed by atoms with van der Waals surface area (Å²) < 4.78 is 11.4. The molecule has 0 aliphatic rings. The van der Waals surface area contributed by atoms with Crippen molar-refractivity contribution in [2.24, 2.45) is 5.41 Å². The molecule has 2 aromatic rings. The quantitative estimate of drug-likeness (QED) is 0.684. The van der Waals surface area contributed by atoms with Gasteiger partial charge in [-0.05, 0) is 62.4 Å². The summed E-state index contributed by atoms with van der Waals surface area (Å²) >= 11 is 0. The average Bonchev–Trinajstić information content (AvgIpc) is 2.48. The molecule has 3 heteroatoms. The first-order valence-corrected chi connectivity index (χ1v) is 7.85. The molecule has 0 bridgehead atoms. The van der Waals surface area contributed by atoms with E-state index in [1.54, 1.807) is 12.1 Å². The highest BCUT2D eigenvalue weighted by Crippen LogP contribution is 2.26. The summed E-state index contributed by atoms with van der Waals surface area (Å²) in [6, 6.07) is 14.7. The number of carbonyl (C=O) groups excluding carboxylic acids is 1. The Labute approximate surface area is 138 Å². The standard InChI is InChI=1S/C20H24O3/c1-14(2)22-16-10-12-18(13-11-16)23-17-8-6-15(7-9-17)19(21)20(3,4)5/h6-14H,1-5H3. The number of carbonyl (C=O) groups is 1. The molecular weight excluding hydrogens is 288 g/mol. The molecule has 2 aromatic carbocycles.